The van der Waals surface area contributed by atoms with Crippen molar-refractivity contribution in [3.8, 4) is 0 Å². The molecule has 3 N–H and O–H groups in total. The van der Waals surface area contributed by atoms with E-state index < -0.39 is 0 Å². The van der Waals surface area contributed by atoms with Crippen molar-refractivity contribution in [2.75, 3.05) is 19.6 Å². The van der Waals surface area contributed by atoms with Gasteiger partial charge in [0.2, 0.25) is 0 Å². The van der Waals surface area contributed by atoms with Crippen LogP contribution in [0.5, 0.6) is 0 Å². The van der Waals surface area contributed by atoms with Gasteiger partial charge in [0.05, 0.1) is 5.84 Å². The van der Waals surface area contributed by atoms with E-state index in [1.54, 1.807) is 0 Å². The van der Waals surface area contributed by atoms with E-state index in [0.717, 1.165) is 18.8 Å². The summed E-state index contributed by atoms with van der Waals surface area (Å²) in [5.74, 6) is 1.32. The Morgan fingerprint density at radius 2 is 2.07 bits per heavy atom. The third-order valence-corrected chi connectivity index (χ3v) is 2.92. The molecule has 0 bridgehead atoms. The van der Waals surface area contributed by atoms with E-state index in [0.29, 0.717) is 5.84 Å². The lowest BCUT2D eigenvalue weighted by Crippen LogP contribution is -2.28. The molecule has 0 spiro atoms. The second-order valence-corrected chi connectivity index (χ2v) is 4.73. The molecule has 0 unspecified atom stereocenters. The van der Waals surface area contributed by atoms with Crippen LogP contribution in [0.15, 0.2) is 0 Å². The normalized spacial score (nSPS) is 15.9. The first-order valence-corrected chi connectivity index (χ1v) is 6.27. The summed E-state index contributed by atoms with van der Waals surface area (Å²) in [6, 6.07) is 0. The molecule has 1 aliphatic carbocycles. The van der Waals surface area contributed by atoms with Crippen LogP contribution >= 0.6 is 0 Å². The van der Waals surface area contributed by atoms with Crippen molar-refractivity contribution in [3.63, 3.8) is 0 Å². The lowest BCUT2D eigenvalue weighted by atomic mass is 10.2. The van der Waals surface area contributed by atoms with Crippen LogP contribution in [0, 0.1) is 11.3 Å². The number of nitrogens with two attached hydrogens (primary N) is 1. The molecular weight excluding hydrogens is 186 g/mol. The summed E-state index contributed by atoms with van der Waals surface area (Å²) in [6.07, 6.45) is 7.15. The summed E-state index contributed by atoms with van der Waals surface area (Å²) in [4.78, 5) is 2.58. The van der Waals surface area contributed by atoms with Gasteiger partial charge < -0.3 is 10.6 Å². The molecule has 1 rings (SSSR count). The predicted octanol–water partition coefficient (Wildman–Crippen LogP) is 2.21. The average molecular weight is 211 g/mol. The molecule has 0 saturated heterocycles. The molecule has 0 aromatic carbocycles. The van der Waals surface area contributed by atoms with E-state index in [1.165, 1.54) is 45.3 Å². The highest BCUT2D eigenvalue weighted by molar-refractivity contribution is 5.76. The van der Waals surface area contributed by atoms with Gasteiger partial charge in [0.1, 0.15) is 0 Å². The number of rotatable bonds is 9. The number of amidine groups is 1. The summed E-state index contributed by atoms with van der Waals surface area (Å²) in [6.45, 7) is 5.97. The van der Waals surface area contributed by atoms with Gasteiger partial charge in [-0.15, -0.1) is 0 Å². The summed E-state index contributed by atoms with van der Waals surface area (Å²) < 4.78 is 0. The molecule has 3 heteroatoms. The maximum Gasteiger partial charge on any atom is 0.0905 e. The largest absolute Gasteiger partial charge is 0.388 e. The Bertz CT molecular complexity index is 187. The fourth-order valence-electron chi connectivity index (χ4n) is 1.93. The lowest BCUT2D eigenvalue weighted by Gasteiger charge is -2.21. The Kier molecular flexibility index (Phi) is 5.69. The van der Waals surface area contributed by atoms with E-state index in [1.807, 2.05) is 0 Å². The Hall–Kier alpha value is -0.570. The van der Waals surface area contributed by atoms with Gasteiger partial charge in [-0.25, -0.2) is 0 Å². The van der Waals surface area contributed by atoms with Crippen LogP contribution in [0.2, 0.25) is 0 Å². The smallest absolute Gasteiger partial charge is 0.0905 e. The summed E-state index contributed by atoms with van der Waals surface area (Å²) in [7, 11) is 0. The number of hydrogen-bond acceptors (Lipinski definition) is 2. The Morgan fingerprint density at radius 1 is 1.33 bits per heavy atom. The van der Waals surface area contributed by atoms with E-state index in [4.69, 9.17) is 11.1 Å². The van der Waals surface area contributed by atoms with Gasteiger partial charge >= 0.3 is 0 Å². The molecule has 0 amide bonds. The van der Waals surface area contributed by atoms with E-state index >= 15 is 0 Å². The molecule has 0 aromatic rings. The van der Waals surface area contributed by atoms with Crippen LogP contribution < -0.4 is 5.73 Å². The van der Waals surface area contributed by atoms with E-state index in [-0.39, 0.29) is 0 Å². The highest BCUT2D eigenvalue weighted by Gasteiger charge is 2.23. The second kappa shape index (κ2) is 6.83. The minimum atomic E-state index is 0.333. The van der Waals surface area contributed by atoms with Crippen molar-refractivity contribution < 1.29 is 0 Å². The molecular formula is C12H25N3. The third-order valence-electron chi connectivity index (χ3n) is 2.92. The van der Waals surface area contributed by atoms with Crippen molar-refractivity contribution in [1.29, 1.82) is 5.41 Å². The van der Waals surface area contributed by atoms with Crippen molar-refractivity contribution in [2.24, 2.45) is 11.7 Å². The second-order valence-electron chi connectivity index (χ2n) is 4.73. The zero-order valence-electron chi connectivity index (χ0n) is 9.97. The average Bonchev–Trinajstić information content (AvgIpc) is 2.96. The maximum atomic E-state index is 7.15. The highest BCUT2D eigenvalue weighted by Crippen LogP contribution is 2.29. The summed E-state index contributed by atoms with van der Waals surface area (Å²) in [5, 5.41) is 7.15. The van der Waals surface area contributed by atoms with Crippen LogP contribution in [0.1, 0.15) is 45.4 Å². The van der Waals surface area contributed by atoms with Crippen molar-refractivity contribution in [1.82, 2.24) is 4.90 Å². The maximum absolute atomic E-state index is 7.15. The van der Waals surface area contributed by atoms with Crippen LogP contribution in [-0.4, -0.2) is 30.4 Å². The number of nitrogens with zero attached hydrogens (tertiary/aromatic N) is 1. The first kappa shape index (κ1) is 12.5. The zero-order chi connectivity index (χ0) is 11.1. The van der Waals surface area contributed by atoms with Crippen LogP contribution in [0.3, 0.4) is 0 Å². The van der Waals surface area contributed by atoms with Gasteiger partial charge in [0, 0.05) is 13.0 Å². The first-order valence-electron chi connectivity index (χ1n) is 6.27. The lowest BCUT2D eigenvalue weighted by molar-refractivity contribution is 0.258. The number of unbranched alkanes of at least 4 members (excludes halogenated alkanes) is 1. The molecule has 1 aliphatic rings. The molecule has 1 saturated carbocycles. The van der Waals surface area contributed by atoms with Crippen LogP contribution in [0.4, 0.5) is 0 Å². The Balaban J connectivity index is 2.04. The quantitative estimate of drug-likeness (QED) is 0.349. The summed E-state index contributed by atoms with van der Waals surface area (Å²) >= 11 is 0. The third kappa shape index (κ3) is 6.50. The predicted molar refractivity (Wildman–Crippen MR) is 65.2 cm³/mol. The molecule has 0 atom stereocenters. The van der Waals surface area contributed by atoms with Gasteiger partial charge in [-0.05, 0) is 51.1 Å². The van der Waals surface area contributed by atoms with Crippen LogP contribution in [-0.2, 0) is 0 Å². The fraction of sp³-hybridized carbons (Fsp3) is 0.917. The molecule has 0 heterocycles. The fourth-order valence-corrected chi connectivity index (χ4v) is 1.93. The van der Waals surface area contributed by atoms with Crippen molar-refractivity contribution >= 4 is 5.84 Å². The SMILES string of the molecule is CCCN(CCCCC(=N)N)CC1CC1. The molecule has 0 radical (unpaired) electrons. The number of nitrogens with one attached hydrogen (secondary N) is 1. The standard InChI is InChI=1S/C12H25N3/c1-2-8-15(10-11-6-7-11)9-4-3-5-12(13)14/h11H,2-10H2,1H3,(H3,13,14). The summed E-state index contributed by atoms with van der Waals surface area (Å²) in [5.41, 5.74) is 5.33. The molecule has 15 heavy (non-hydrogen) atoms. The Morgan fingerprint density at radius 3 is 2.60 bits per heavy atom. The van der Waals surface area contributed by atoms with Gasteiger partial charge in [0.25, 0.3) is 0 Å². The van der Waals surface area contributed by atoms with Gasteiger partial charge in [0.15, 0.2) is 0 Å². The Labute approximate surface area is 93.5 Å². The minimum absolute atomic E-state index is 0.333. The molecule has 88 valence electrons. The molecule has 3 nitrogen and oxygen atoms in total. The monoisotopic (exact) mass is 211 g/mol. The topological polar surface area (TPSA) is 53.1 Å². The van der Waals surface area contributed by atoms with Gasteiger partial charge in [-0.2, -0.15) is 0 Å². The van der Waals surface area contributed by atoms with Crippen molar-refractivity contribution in [3.05, 3.63) is 0 Å². The number of hydrogen-bond donors (Lipinski definition) is 2. The van der Waals surface area contributed by atoms with E-state index in [2.05, 4.69) is 11.8 Å². The van der Waals surface area contributed by atoms with Gasteiger partial charge in [-0.3, -0.25) is 5.41 Å². The van der Waals surface area contributed by atoms with Gasteiger partial charge in [-0.1, -0.05) is 6.92 Å². The van der Waals surface area contributed by atoms with Crippen LogP contribution in [0.25, 0.3) is 0 Å². The molecule has 0 aliphatic heterocycles. The van der Waals surface area contributed by atoms with Crippen molar-refractivity contribution in [2.45, 2.75) is 45.4 Å². The highest BCUT2D eigenvalue weighted by atomic mass is 15.1. The first-order chi connectivity index (χ1) is 7.22. The zero-order valence-corrected chi connectivity index (χ0v) is 9.97. The van der Waals surface area contributed by atoms with E-state index in [9.17, 15) is 0 Å². The minimum Gasteiger partial charge on any atom is -0.388 e. The molecule has 0 aromatic heterocycles. The molecule has 1 fully saturated rings.